The number of nitrogens with zero attached hydrogens (tertiary/aromatic N) is 1. The topological polar surface area (TPSA) is 86.7 Å². The Morgan fingerprint density at radius 2 is 2.28 bits per heavy atom. The van der Waals surface area contributed by atoms with E-state index < -0.39 is 22.8 Å². The molecule has 0 spiro atoms. The van der Waals surface area contributed by atoms with Crippen LogP contribution >= 0.6 is 11.8 Å². The van der Waals surface area contributed by atoms with E-state index in [4.69, 9.17) is 5.11 Å². The molecule has 0 aliphatic carbocycles. The van der Waals surface area contributed by atoms with Crippen molar-refractivity contribution < 1.29 is 18.9 Å². The van der Waals surface area contributed by atoms with Crippen LogP contribution in [0.25, 0.3) is 0 Å². The fourth-order valence-corrected chi connectivity index (χ4v) is 3.21. The molecule has 1 fully saturated rings. The van der Waals surface area contributed by atoms with Gasteiger partial charge >= 0.3 is 12.0 Å². The van der Waals surface area contributed by atoms with Gasteiger partial charge in [-0.2, -0.15) is 11.8 Å². The average Bonchev–Trinajstić information content (AvgIpc) is 2.34. The number of thioether (sulfide) groups is 1. The maximum atomic E-state index is 11.8. The van der Waals surface area contributed by atoms with Gasteiger partial charge in [-0.05, 0) is 6.42 Å². The zero-order valence-electron chi connectivity index (χ0n) is 10.3. The molecule has 8 heteroatoms. The van der Waals surface area contributed by atoms with Gasteiger partial charge in [-0.25, -0.2) is 9.59 Å². The Bertz CT molecular complexity index is 338. The zero-order valence-corrected chi connectivity index (χ0v) is 11.9. The number of rotatable bonds is 5. The minimum Gasteiger partial charge on any atom is -0.480 e. The number of urea groups is 1. The van der Waals surface area contributed by atoms with Gasteiger partial charge < -0.3 is 15.3 Å². The average molecular weight is 294 g/mol. The van der Waals surface area contributed by atoms with E-state index in [1.807, 2.05) is 0 Å². The van der Waals surface area contributed by atoms with E-state index in [1.165, 1.54) is 4.90 Å². The van der Waals surface area contributed by atoms with Crippen LogP contribution in [0.1, 0.15) is 6.42 Å². The van der Waals surface area contributed by atoms with Crippen molar-refractivity contribution >= 4 is 34.6 Å². The molecule has 1 saturated heterocycles. The van der Waals surface area contributed by atoms with E-state index in [0.717, 1.165) is 5.75 Å². The summed E-state index contributed by atoms with van der Waals surface area (Å²) < 4.78 is 10.8. The highest BCUT2D eigenvalue weighted by Gasteiger charge is 2.32. The second kappa shape index (κ2) is 7.63. The summed E-state index contributed by atoms with van der Waals surface area (Å²) in [6.45, 7) is 0.877. The molecular formula is C10H18N2O4S2. The summed E-state index contributed by atoms with van der Waals surface area (Å²) in [6.07, 6.45) is 2.25. The Hall–Kier alpha value is -0.760. The summed E-state index contributed by atoms with van der Waals surface area (Å²) in [5, 5.41) is 11.7. The number of hydrogen-bond acceptors (Lipinski definition) is 4. The number of carbonyl (C=O) groups excluding carboxylic acids is 1. The number of carbonyl (C=O) groups is 2. The minimum absolute atomic E-state index is 0.343. The quantitative estimate of drug-likeness (QED) is 0.695. The lowest BCUT2D eigenvalue weighted by molar-refractivity contribution is -0.141. The van der Waals surface area contributed by atoms with Crippen LogP contribution in [-0.2, 0) is 15.6 Å². The highest BCUT2D eigenvalue weighted by Crippen LogP contribution is 2.16. The molecule has 1 aliphatic heterocycles. The summed E-state index contributed by atoms with van der Waals surface area (Å²) in [5.74, 6) is 0.767. The smallest absolute Gasteiger partial charge is 0.327 e. The Kier molecular flexibility index (Phi) is 6.48. The molecule has 0 aromatic rings. The van der Waals surface area contributed by atoms with Gasteiger partial charge in [-0.3, -0.25) is 4.21 Å². The molecule has 0 radical (unpaired) electrons. The Morgan fingerprint density at radius 3 is 2.89 bits per heavy atom. The molecule has 0 aromatic carbocycles. The Balaban J connectivity index is 2.38. The first-order chi connectivity index (χ1) is 8.52. The van der Waals surface area contributed by atoms with E-state index in [1.54, 1.807) is 18.0 Å². The third-order valence-electron chi connectivity index (χ3n) is 2.56. The number of carboxylic acids is 1. The first kappa shape index (κ1) is 15.3. The van der Waals surface area contributed by atoms with Crippen LogP contribution in [0.5, 0.6) is 0 Å². The monoisotopic (exact) mass is 294 g/mol. The van der Waals surface area contributed by atoms with Crippen LogP contribution in [0.15, 0.2) is 0 Å². The Labute approximate surface area is 113 Å². The fourth-order valence-electron chi connectivity index (χ4n) is 1.62. The van der Waals surface area contributed by atoms with Crippen molar-refractivity contribution in [3.63, 3.8) is 0 Å². The molecule has 1 heterocycles. The first-order valence-electron chi connectivity index (χ1n) is 5.67. The van der Waals surface area contributed by atoms with Gasteiger partial charge in [0, 0.05) is 47.4 Å². The van der Waals surface area contributed by atoms with Crippen LogP contribution in [0.4, 0.5) is 4.79 Å². The van der Waals surface area contributed by atoms with Gasteiger partial charge in [0.25, 0.3) is 0 Å². The van der Waals surface area contributed by atoms with Crippen molar-refractivity contribution in [1.82, 2.24) is 10.2 Å². The lowest BCUT2D eigenvalue weighted by Crippen LogP contribution is -2.53. The number of hydrogen-bond donors (Lipinski definition) is 2. The first-order valence-corrected chi connectivity index (χ1v) is 8.55. The summed E-state index contributed by atoms with van der Waals surface area (Å²) in [6, 6.07) is -1.09. The fraction of sp³-hybridized carbons (Fsp3) is 0.800. The number of carboxylic acid groups (broad SMARTS) is 1. The molecule has 0 aromatic heterocycles. The lowest BCUT2D eigenvalue weighted by Gasteiger charge is -2.32. The highest BCUT2D eigenvalue weighted by atomic mass is 32.2. The van der Waals surface area contributed by atoms with Crippen molar-refractivity contribution in [2.45, 2.75) is 12.5 Å². The van der Waals surface area contributed by atoms with Crippen LogP contribution < -0.4 is 5.32 Å². The predicted molar refractivity (Wildman–Crippen MR) is 72.4 cm³/mol. The molecule has 2 atom stereocenters. The molecule has 0 bridgehead atoms. The number of nitrogens with one attached hydrogen (secondary N) is 1. The molecule has 104 valence electrons. The van der Waals surface area contributed by atoms with Crippen molar-refractivity contribution in [3.05, 3.63) is 0 Å². The summed E-state index contributed by atoms with van der Waals surface area (Å²) >= 11 is 1.54. The largest absolute Gasteiger partial charge is 0.480 e. The van der Waals surface area contributed by atoms with Gasteiger partial charge in [0.1, 0.15) is 6.04 Å². The van der Waals surface area contributed by atoms with Crippen LogP contribution in [0, 0.1) is 0 Å². The lowest BCUT2D eigenvalue weighted by atomic mass is 10.3. The second-order valence-electron chi connectivity index (χ2n) is 3.99. The summed E-state index contributed by atoms with van der Waals surface area (Å²) in [7, 11) is -0.862. The summed E-state index contributed by atoms with van der Waals surface area (Å²) in [4.78, 5) is 24.2. The maximum absolute atomic E-state index is 11.8. The van der Waals surface area contributed by atoms with Crippen molar-refractivity contribution in [2.75, 3.05) is 36.6 Å². The van der Waals surface area contributed by atoms with Crippen LogP contribution in [0.2, 0.25) is 0 Å². The predicted octanol–water partition coefficient (Wildman–Crippen LogP) is -0.0334. The van der Waals surface area contributed by atoms with E-state index in [9.17, 15) is 13.8 Å². The third-order valence-corrected chi connectivity index (χ3v) is 4.45. The molecule has 2 N–H and O–H groups in total. The number of amides is 2. The third kappa shape index (κ3) is 4.85. The van der Waals surface area contributed by atoms with Gasteiger partial charge in [0.15, 0.2) is 0 Å². The minimum atomic E-state index is -0.966. The molecule has 0 saturated carbocycles. The maximum Gasteiger partial charge on any atom is 0.327 e. The molecule has 18 heavy (non-hydrogen) atoms. The van der Waals surface area contributed by atoms with Gasteiger partial charge in [-0.1, -0.05) is 0 Å². The van der Waals surface area contributed by atoms with E-state index in [0.29, 0.717) is 31.0 Å². The molecule has 6 nitrogen and oxygen atoms in total. The molecule has 2 unspecified atom stereocenters. The molecule has 1 aliphatic rings. The van der Waals surface area contributed by atoms with E-state index in [2.05, 4.69) is 5.32 Å². The van der Waals surface area contributed by atoms with Gasteiger partial charge in [0.05, 0.1) is 0 Å². The van der Waals surface area contributed by atoms with Gasteiger partial charge in [-0.15, -0.1) is 0 Å². The summed E-state index contributed by atoms with van der Waals surface area (Å²) in [5.41, 5.74) is 0. The Morgan fingerprint density at radius 1 is 1.56 bits per heavy atom. The molecular weight excluding hydrogens is 276 g/mol. The van der Waals surface area contributed by atoms with Crippen molar-refractivity contribution in [3.8, 4) is 0 Å². The van der Waals surface area contributed by atoms with Crippen molar-refractivity contribution in [1.29, 1.82) is 0 Å². The highest BCUT2D eigenvalue weighted by molar-refractivity contribution is 7.99. The van der Waals surface area contributed by atoms with Gasteiger partial charge in [0.2, 0.25) is 0 Å². The normalized spacial score (nSPS) is 21.4. The van der Waals surface area contributed by atoms with Crippen LogP contribution in [-0.4, -0.2) is 68.9 Å². The number of aliphatic carboxylic acids is 1. The zero-order chi connectivity index (χ0) is 13.5. The van der Waals surface area contributed by atoms with E-state index >= 15 is 0 Å². The standard InChI is InChI=1S/C10H18N2O4S2/c1-18(16)6-2-3-11-10(15)12-4-5-17-7-8(12)9(13)14/h8H,2-7H2,1H3,(H,11,15)(H,13,14). The second-order valence-corrected chi connectivity index (χ2v) is 6.69. The SMILES string of the molecule is CS(=O)CCCNC(=O)N1CCSCC1C(=O)O. The van der Waals surface area contributed by atoms with Crippen LogP contribution in [0.3, 0.4) is 0 Å². The molecule has 2 amide bonds. The molecule has 1 rings (SSSR count). The van der Waals surface area contributed by atoms with Crippen molar-refractivity contribution in [2.24, 2.45) is 0 Å². The van der Waals surface area contributed by atoms with E-state index in [-0.39, 0.29) is 6.03 Å².